The highest BCUT2D eigenvalue weighted by molar-refractivity contribution is 7.98. The van der Waals surface area contributed by atoms with Crippen LogP contribution in [0.15, 0.2) is 24.3 Å². The lowest BCUT2D eigenvalue weighted by molar-refractivity contribution is 0.0940. The maximum absolute atomic E-state index is 12.2. The van der Waals surface area contributed by atoms with Crippen molar-refractivity contribution in [3.63, 3.8) is 0 Å². The lowest BCUT2D eigenvalue weighted by Crippen LogP contribution is -2.33. The van der Waals surface area contributed by atoms with Gasteiger partial charge in [-0.15, -0.1) is 0 Å². The Morgan fingerprint density at radius 2 is 2.11 bits per heavy atom. The van der Waals surface area contributed by atoms with E-state index in [1.54, 1.807) is 11.8 Å². The topological polar surface area (TPSA) is 41.1 Å². The second-order valence-corrected chi connectivity index (χ2v) is 5.61. The summed E-state index contributed by atoms with van der Waals surface area (Å²) in [6.45, 7) is 5.04. The van der Waals surface area contributed by atoms with Gasteiger partial charge in [-0.2, -0.15) is 11.8 Å². The Labute approximate surface area is 120 Å². The van der Waals surface area contributed by atoms with Crippen LogP contribution in [0, 0.1) is 0 Å². The Morgan fingerprint density at radius 3 is 2.79 bits per heavy atom. The molecule has 0 aliphatic heterocycles. The minimum absolute atomic E-state index is 0.00723. The molecule has 1 rings (SSSR count). The zero-order valence-electron chi connectivity index (χ0n) is 12.0. The summed E-state index contributed by atoms with van der Waals surface area (Å²) in [5.41, 5.74) is 1.64. The van der Waals surface area contributed by atoms with Crippen molar-refractivity contribution in [3.05, 3.63) is 29.8 Å². The van der Waals surface area contributed by atoms with E-state index >= 15 is 0 Å². The van der Waals surface area contributed by atoms with Gasteiger partial charge in [-0.25, -0.2) is 0 Å². The highest BCUT2D eigenvalue weighted by Crippen LogP contribution is 2.15. The van der Waals surface area contributed by atoms with Crippen LogP contribution in [0.25, 0.3) is 0 Å². The van der Waals surface area contributed by atoms with Gasteiger partial charge in [-0.1, -0.05) is 19.1 Å². The van der Waals surface area contributed by atoms with E-state index in [9.17, 15) is 4.79 Å². The first-order chi connectivity index (χ1) is 9.19. The first kappa shape index (κ1) is 15.9. The van der Waals surface area contributed by atoms with E-state index in [-0.39, 0.29) is 11.9 Å². The summed E-state index contributed by atoms with van der Waals surface area (Å²) in [7, 11) is 0. The molecule has 1 amide bonds. The molecule has 1 unspecified atom stereocenters. The summed E-state index contributed by atoms with van der Waals surface area (Å²) < 4.78 is 0. The Balaban J connectivity index is 2.65. The van der Waals surface area contributed by atoms with E-state index in [2.05, 4.69) is 30.7 Å². The van der Waals surface area contributed by atoms with Crippen LogP contribution in [-0.4, -0.2) is 30.5 Å². The number of hydrogen-bond donors (Lipinski definition) is 2. The second kappa shape index (κ2) is 8.86. The van der Waals surface area contributed by atoms with E-state index in [0.29, 0.717) is 0 Å². The van der Waals surface area contributed by atoms with Crippen molar-refractivity contribution in [1.82, 2.24) is 5.32 Å². The monoisotopic (exact) mass is 280 g/mol. The van der Waals surface area contributed by atoms with Gasteiger partial charge in [0.15, 0.2) is 0 Å². The molecule has 19 heavy (non-hydrogen) atoms. The molecule has 1 aromatic carbocycles. The number of thioether (sulfide) groups is 1. The van der Waals surface area contributed by atoms with E-state index in [1.165, 1.54) is 0 Å². The second-order valence-electron chi connectivity index (χ2n) is 4.63. The zero-order valence-corrected chi connectivity index (χ0v) is 12.8. The molecule has 2 N–H and O–H groups in total. The van der Waals surface area contributed by atoms with Gasteiger partial charge in [-0.3, -0.25) is 4.79 Å². The largest absolute Gasteiger partial charge is 0.384 e. The number of benzene rings is 1. The van der Waals surface area contributed by atoms with Crippen LogP contribution in [0.5, 0.6) is 0 Å². The fraction of sp³-hybridized carbons (Fsp3) is 0.533. The highest BCUT2D eigenvalue weighted by Gasteiger charge is 2.12. The summed E-state index contributed by atoms with van der Waals surface area (Å²) in [4.78, 5) is 12.2. The van der Waals surface area contributed by atoms with Crippen molar-refractivity contribution in [3.8, 4) is 0 Å². The molecule has 0 fully saturated rings. The van der Waals surface area contributed by atoms with Crippen molar-refractivity contribution in [2.45, 2.75) is 32.7 Å². The number of amides is 1. The Morgan fingerprint density at radius 1 is 1.37 bits per heavy atom. The minimum Gasteiger partial charge on any atom is -0.384 e. The minimum atomic E-state index is 0.00723. The predicted molar refractivity (Wildman–Crippen MR) is 85.1 cm³/mol. The van der Waals surface area contributed by atoms with Crippen LogP contribution >= 0.6 is 11.8 Å². The quantitative estimate of drug-likeness (QED) is 0.767. The lowest BCUT2D eigenvalue weighted by atomic mass is 10.1. The van der Waals surface area contributed by atoms with Crippen LogP contribution in [0.3, 0.4) is 0 Å². The average molecular weight is 280 g/mol. The summed E-state index contributed by atoms with van der Waals surface area (Å²) in [5.74, 6) is 1.07. The van der Waals surface area contributed by atoms with E-state index in [0.717, 1.165) is 36.4 Å². The molecule has 0 aliphatic rings. The standard InChI is InChI=1S/C15H24N2OS/c1-4-10-16-14-8-6-5-7-13(14)15(18)17-12(2)9-11-19-3/h5-8,12,16H,4,9-11H2,1-3H3,(H,17,18). The lowest BCUT2D eigenvalue weighted by Gasteiger charge is -2.16. The van der Waals surface area contributed by atoms with Crippen LogP contribution in [0.2, 0.25) is 0 Å². The van der Waals surface area contributed by atoms with Crippen molar-refractivity contribution in [1.29, 1.82) is 0 Å². The van der Waals surface area contributed by atoms with Gasteiger partial charge in [0.2, 0.25) is 0 Å². The number of para-hydroxylation sites is 1. The Hall–Kier alpha value is -1.16. The van der Waals surface area contributed by atoms with Crippen molar-refractivity contribution >= 4 is 23.4 Å². The van der Waals surface area contributed by atoms with Crippen molar-refractivity contribution in [2.24, 2.45) is 0 Å². The molecule has 0 heterocycles. The molecule has 106 valence electrons. The third-order valence-corrected chi connectivity index (χ3v) is 3.51. The van der Waals surface area contributed by atoms with Crippen LogP contribution in [0.1, 0.15) is 37.0 Å². The third-order valence-electron chi connectivity index (χ3n) is 2.87. The average Bonchev–Trinajstić information content (AvgIpc) is 2.43. The summed E-state index contributed by atoms with van der Waals surface area (Å²) >= 11 is 1.80. The van der Waals surface area contributed by atoms with Crippen molar-refractivity contribution < 1.29 is 4.79 Å². The van der Waals surface area contributed by atoms with Crippen LogP contribution in [-0.2, 0) is 0 Å². The van der Waals surface area contributed by atoms with Gasteiger partial charge in [0.05, 0.1) is 5.56 Å². The van der Waals surface area contributed by atoms with Gasteiger partial charge in [0.25, 0.3) is 5.91 Å². The SMILES string of the molecule is CCCNc1ccccc1C(=O)NC(C)CCSC. The molecule has 0 bridgehead atoms. The molecule has 3 nitrogen and oxygen atoms in total. The van der Waals surface area contributed by atoms with E-state index in [4.69, 9.17) is 0 Å². The fourth-order valence-corrected chi connectivity index (χ4v) is 2.35. The first-order valence-electron chi connectivity index (χ1n) is 6.81. The number of carbonyl (C=O) groups excluding carboxylic acids is 1. The number of nitrogens with one attached hydrogen (secondary N) is 2. The predicted octanol–water partition coefficient (Wildman–Crippen LogP) is 3.38. The normalized spacial score (nSPS) is 11.9. The molecular formula is C15H24N2OS. The Kier molecular flexibility index (Phi) is 7.41. The van der Waals surface area contributed by atoms with Gasteiger partial charge in [0, 0.05) is 18.3 Å². The van der Waals surface area contributed by atoms with E-state index in [1.807, 2.05) is 24.3 Å². The molecule has 0 saturated carbocycles. The number of hydrogen-bond acceptors (Lipinski definition) is 3. The molecule has 0 spiro atoms. The summed E-state index contributed by atoms with van der Waals surface area (Å²) in [6.07, 6.45) is 4.12. The smallest absolute Gasteiger partial charge is 0.253 e. The summed E-state index contributed by atoms with van der Waals surface area (Å²) in [6, 6.07) is 7.88. The molecule has 1 atom stereocenters. The maximum atomic E-state index is 12.2. The zero-order chi connectivity index (χ0) is 14.1. The number of anilines is 1. The van der Waals surface area contributed by atoms with Crippen molar-refractivity contribution in [2.75, 3.05) is 23.9 Å². The molecule has 4 heteroatoms. The van der Waals surface area contributed by atoms with Crippen LogP contribution in [0.4, 0.5) is 5.69 Å². The van der Waals surface area contributed by atoms with Gasteiger partial charge < -0.3 is 10.6 Å². The summed E-state index contributed by atoms with van der Waals surface area (Å²) in [5, 5.41) is 6.35. The van der Waals surface area contributed by atoms with Gasteiger partial charge in [-0.05, 0) is 43.9 Å². The van der Waals surface area contributed by atoms with E-state index < -0.39 is 0 Å². The molecule has 0 saturated heterocycles. The fourth-order valence-electron chi connectivity index (χ4n) is 1.76. The number of rotatable bonds is 8. The number of carbonyl (C=O) groups is 1. The molecule has 0 aliphatic carbocycles. The first-order valence-corrected chi connectivity index (χ1v) is 8.21. The molecular weight excluding hydrogens is 256 g/mol. The Bertz CT molecular complexity index is 395. The van der Waals surface area contributed by atoms with Crippen LogP contribution < -0.4 is 10.6 Å². The molecule has 0 radical (unpaired) electrons. The maximum Gasteiger partial charge on any atom is 0.253 e. The third kappa shape index (κ3) is 5.55. The van der Waals surface area contributed by atoms with Gasteiger partial charge >= 0.3 is 0 Å². The molecule has 0 aromatic heterocycles. The molecule has 1 aromatic rings. The highest BCUT2D eigenvalue weighted by atomic mass is 32.2. The van der Waals surface area contributed by atoms with Gasteiger partial charge in [0.1, 0.15) is 0 Å².